The van der Waals surface area contributed by atoms with E-state index in [9.17, 15) is 24.5 Å². The van der Waals surface area contributed by atoms with Gasteiger partial charge in [-0.05, 0) is 81.7 Å². The lowest BCUT2D eigenvalue weighted by molar-refractivity contribution is -0.384. The van der Waals surface area contributed by atoms with E-state index in [2.05, 4.69) is 37.2 Å². The van der Waals surface area contributed by atoms with Crippen molar-refractivity contribution in [1.29, 1.82) is 0 Å². The predicted octanol–water partition coefficient (Wildman–Crippen LogP) is 6.02. The fraction of sp³-hybridized carbons (Fsp3) is 0.0417. The van der Waals surface area contributed by atoms with Crippen molar-refractivity contribution in [2.45, 2.75) is 6.61 Å². The molecule has 0 spiro atoms. The van der Waals surface area contributed by atoms with Crippen LogP contribution in [0.25, 0.3) is 6.08 Å². The number of carbonyl (C=O) groups is 3. The van der Waals surface area contributed by atoms with E-state index in [4.69, 9.17) is 16.3 Å². The number of hydrogen-bond acceptors (Lipinski definition) is 6. The van der Waals surface area contributed by atoms with Crippen LogP contribution >= 0.6 is 43.5 Å². The highest BCUT2D eigenvalue weighted by Gasteiger charge is 2.36. The first-order valence-corrected chi connectivity index (χ1v) is 12.1. The number of nitro benzene ring substituents is 1. The van der Waals surface area contributed by atoms with Gasteiger partial charge >= 0.3 is 6.03 Å². The van der Waals surface area contributed by atoms with Gasteiger partial charge in [-0.2, -0.15) is 0 Å². The van der Waals surface area contributed by atoms with Crippen molar-refractivity contribution in [1.82, 2.24) is 5.32 Å². The van der Waals surface area contributed by atoms with Crippen molar-refractivity contribution in [2.24, 2.45) is 0 Å². The summed E-state index contributed by atoms with van der Waals surface area (Å²) in [6.07, 6.45) is 1.33. The van der Waals surface area contributed by atoms with Crippen LogP contribution < -0.4 is 15.0 Å². The first-order valence-electron chi connectivity index (χ1n) is 10.2. The fourth-order valence-corrected chi connectivity index (χ4v) is 4.57. The monoisotopic (exact) mass is 633 g/mol. The lowest BCUT2D eigenvalue weighted by Crippen LogP contribution is -2.54. The van der Waals surface area contributed by atoms with E-state index in [1.54, 1.807) is 42.5 Å². The Labute approximate surface area is 226 Å². The fourth-order valence-electron chi connectivity index (χ4n) is 3.32. The molecule has 0 aromatic heterocycles. The lowest BCUT2D eigenvalue weighted by atomic mass is 10.1. The van der Waals surface area contributed by atoms with Gasteiger partial charge in [0.15, 0.2) is 5.75 Å². The molecule has 36 heavy (non-hydrogen) atoms. The van der Waals surface area contributed by atoms with Crippen LogP contribution in [-0.2, 0) is 16.2 Å². The second-order valence-corrected chi connectivity index (χ2v) is 9.64. The number of urea groups is 1. The Bertz CT molecular complexity index is 1400. The van der Waals surface area contributed by atoms with Gasteiger partial charge in [-0.3, -0.25) is 25.0 Å². The zero-order valence-corrected chi connectivity index (χ0v) is 22.0. The summed E-state index contributed by atoms with van der Waals surface area (Å²) in [5.74, 6) is -1.30. The average Bonchev–Trinajstić information content (AvgIpc) is 2.82. The Balaban J connectivity index is 1.57. The van der Waals surface area contributed by atoms with Crippen LogP contribution in [0.1, 0.15) is 11.1 Å². The molecule has 1 saturated heterocycles. The molecule has 4 amide bonds. The Morgan fingerprint density at radius 2 is 1.69 bits per heavy atom. The van der Waals surface area contributed by atoms with Gasteiger partial charge in [0.1, 0.15) is 12.2 Å². The molecule has 0 atom stereocenters. The van der Waals surface area contributed by atoms with Gasteiger partial charge in [-0.15, -0.1) is 0 Å². The van der Waals surface area contributed by atoms with Gasteiger partial charge in [0.25, 0.3) is 17.5 Å². The minimum atomic E-state index is -0.848. The number of nitrogens with one attached hydrogen (secondary N) is 1. The maximum Gasteiger partial charge on any atom is 0.335 e. The third-order valence-corrected chi connectivity index (χ3v) is 6.45. The molecule has 3 aromatic carbocycles. The van der Waals surface area contributed by atoms with Gasteiger partial charge in [0, 0.05) is 16.6 Å². The minimum absolute atomic E-state index is 0.0305. The summed E-state index contributed by atoms with van der Waals surface area (Å²) >= 11 is 13.1. The third kappa shape index (κ3) is 5.48. The maximum atomic E-state index is 13.1. The topological polar surface area (TPSA) is 119 Å². The highest BCUT2D eigenvalue weighted by molar-refractivity contribution is 9.10. The Kier molecular flexibility index (Phi) is 7.53. The molecule has 1 aliphatic rings. The molecule has 1 fully saturated rings. The summed E-state index contributed by atoms with van der Waals surface area (Å²) in [5.41, 5.74) is 1.13. The van der Waals surface area contributed by atoms with Crippen LogP contribution in [0.15, 0.2) is 75.2 Å². The molecule has 0 unspecified atom stereocenters. The number of hydrogen-bond donors (Lipinski definition) is 1. The van der Waals surface area contributed by atoms with Crippen LogP contribution in [-0.4, -0.2) is 22.8 Å². The summed E-state index contributed by atoms with van der Waals surface area (Å²) in [6, 6.07) is 14.6. The first-order chi connectivity index (χ1) is 17.1. The molecule has 1 N–H and O–H groups in total. The first kappa shape index (κ1) is 25.5. The van der Waals surface area contributed by atoms with Crippen molar-refractivity contribution in [3.05, 3.63) is 101 Å². The molecule has 1 aliphatic heterocycles. The normalized spacial score (nSPS) is 14.7. The Morgan fingerprint density at radius 1 is 1.03 bits per heavy atom. The Hall–Kier alpha value is -3.54. The largest absolute Gasteiger partial charge is 0.486 e. The van der Waals surface area contributed by atoms with E-state index in [-0.39, 0.29) is 22.9 Å². The number of ether oxygens (including phenoxy) is 1. The number of halogens is 3. The molecule has 9 nitrogen and oxygen atoms in total. The molecule has 182 valence electrons. The van der Waals surface area contributed by atoms with Crippen molar-refractivity contribution in [3.8, 4) is 5.75 Å². The number of rotatable bonds is 6. The molecule has 0 radical (unpaired) electrons. The van der Waals surface area contributed by atoms with E-state index in [1.807, 2.05) is 0 Å². The van der Waals surface area contributed by atoms with Crippen LogP contribution in [0, 0.1) is 10.1 Å². The third-order valence-electron chi connectivity index (χ3n) is 5.05. The average molecular weight is 636 g/mol. The van der Waals surface area contributed by atoms with E-state index >= 15 is 0 Å². The molecule has 0 saturated carbocycles. The number of nitrogens with zero attached hydrogens (tertiary/aromatic N) is 2. The van der Waals surface area contributed by atoms with Crippen LogP contribution in [0.3, 0.4) is 0 Å². The van der Waals surface area contributed by atoms with Gasteiger partial charge < -0.3 is 4.74 Å². The molecule has 4 rings (SSSR count). The van der Waals surface area contributed by atoms with E-state index in [0.29, 0.717) is 27.0 Å². The molecular weight excluding hydrogens is 622 g/mol. The second kappa shape index (κ2) is 10.6. The van der Waals surface area contributed by atoms with E-state index in [1.165, 1.54) is 24.3 Å². The number of nitro groups is 1. The van der Waals surface area contributed by atoms with Crippen molar-refractivity contribution in [2.75, 3.05) is 4.90 Å². The SMILES string of the molecule is O=C1NC(=O)N(c2ccc(Br)cc2)C(=O)/C1=C/c1cc(Cl)c(OCc2ccc([N+](=O)[O-])cc2)c(Br)c1. The summed E-state index contributed by atoms with van der Waals surface area (Å²) < 4.78 is 6.98. The number of imide groups is 2. The van der Waals surface area contributed by atoms with Crippen molar-refractivity contribution in [3.63, 3.8) is 0 Å². The predicted molar refractivity (Wildman–Crippen MR) is 140 cm³/mol. The molecule has 1 heterocycles. The highest BCUT2D eigenvalue weighted by atomic mass is 79.9. The summed E-state index contributed by atoms with van der Waals surface area (Å²) in [4.78, 5) is 49.0. The zero-order valence-electron chi connectivity index (χ0n) is 18.0. The molecule has 0 aliphatic carbocycles. The minimum Gasteiger partial charge on any atom is -0.486 e. The standard InChI is InChI=1S/C24H14Br2ClN3O6/c25-15-3-7-16(8-4-15)29-23(32)18(22(31)28-24(29)33)9-14-10-19(26)21(20(27)11-14)36-12-13-1-5-17(6-2-13)30(34)35/h1-11H,12H2,(H,28,31,33)/b18-9+. The number of amides is 4. The quantitative estimate of drug-likeness (QED) is 0.153. The number of benzene rings is 3. The molecule has 3 aromatic rings. The number of carbonyl (C=O) groups excluding carboxylic acids is 3. The number of anilines is 1. The van der Waals surface area contributed by atoms with E-state index in [0.717, 1.165) is 9.37 Å². The summed E-state index contributed by atoms with van der Waals surface area (Å²) in [7, 11) is 0. The van der Waals surface area contributed by atoms with Gasteiger partial charge in [0.2, 0.25) is 0 Å². The number of non-ortho nitro benzene ring substituents is 1. The van der Waals surface area contributed by atoms with Crippen LogP contribution in [0.5, 0.6) is 5.75 Å². The summed E-state index contributed by atoms with van der Waals surface area (Å²) in [5, 5.41) is 13.2. The highest BCUT2D eigenvalue weighted by Crippen LogP contribution is 2.36. The van der Waals surface area contributed by atoms with Crippen LogP contribution in [0.4, 0.5) is 16.2 Å². The van der Waals surface area contributed by atoms with Crippen molar-refractivity contribution < 1.29 is 24.0 Å². The second-order valence-electron chi connectivity index (χ2n) is 7.46. The smallest absolute Gasteiger partial charge is 0.335 e. The van der Waals surface area contributed by atoms with Gasteiger partial charge in [0.05, 0.1) is 20.1 Å². The number of barbiturate groups is 1. The zero-order chi connectivity index (χ0) is 26.0. The Morgan fingerprint density at radius 3 is 2.31 bits per heavy atom. The van der Waals surface area contributed by atoms with Gasteiger partial charge in [-0.25, -0.2) is 9.69 Å². The molecule has 0 bridgehead atoms. The van der Waals surface area contributed by atoms with Crippen LogP contribution in [0.2, 0.25) is 5.02 Å². The van der Waals surface area contributed by atoms with Crippen molar-refractivity contribution >= 4 is 78.8 Å². The van der Waals surface area contributed by atoms with Gasteiger partial charge in [-0.1, -0.05) is 27.5 Å². The van der Waals surface area contributed by atoms with E-state index < -0.39 is 22.8 Å². The summed E-state index contributed by atoms with van der Waals surface area (Å²) in [6.45, 7) is 0.0991. The molecular formula is C24H14Br2ClN3O6. The maximum absolute atomic E-state index is 13.1. The molecule has 12 heteroatoms. The lowest BCUT2D eigenvalue weighted by Gasteiger charge is -2.26.